The molecule has 1 atom stereocenters. The standard InChI is InChI=1S/C20H22N2O3/c1-3-4-16-9-17(11-19(24)10-16)20(13-25-14(2)23)22-18-7-5-15(12-21)6-8-18/h5-11,20,22,24H,3-4,13H2,1-2H3. The molecule has 0 heterocycles. The molecule has 0 saturated carbocycles. The van der Waals surface area contributed by atoms with Crippen LogP contribution in [0.5, 0.6) is 5.75 Å². The fraction of sp³-hybridized carbons (Fsp3) is 0.300. The third-order valence-corrected chi connectivity index (χ3v) is 3.75. The number of aromatic hydroxyl groups is 1. The number of hydrogen-bond acceptors (Lipinski definition) is 5. The molecule has 1 unspecified atom stereocenters. The Morgan fingerprint density at radius 1 is 1.28 bits per heavy atom. The molecule has 5 heteroatoms. The minimum atomic E-state index is -0.361. The molecule has 2 aromatic carbocycles. The van der Waals surface area contributed by atoms with Crippen LogP contribution in [-0.2, 0) is 16.0 Å². The molecule has 0 bridgehead atoms. The molecule has 2 aromatic rings. The van der Waals surface area contributed by atoms with Gasteiger partial charge in [0.2, 0.25) is 0 Å². The van der Waals surface area contributed by atoms with Gasteiger partial charge >= 0.3 is 5.97 Å². The Balaban J connectivity index is 2.28. The fourth-order valence-electron chi connectivity index (χ4n) is 2.60. The van der Waals surface area contributed by atoms with E-state index in [1.807, 2.05) is 6.07 Å². The van der Waals surface area contributed by atoms with Gasteiger partial charge in [-0.15, -0.1) is 0 Å². The average Bonchev–Trinajstić information content (AvgIpc) is 2.58. The highest BCUT2D eigenvalue weighted by Gasteiger charge is 2.15. The van der Waals surface area contributed by atoms with Crippen molar-refractivity contribution in [1.29, 1.82) is 5.26 Å². The van der Waals surface area contributed by atoms with Gasteiger partial charge in [0.15, 0.2) is 0 Å². The van der Waals surface area contributed by atoms with E-state index in [-0.39, 0.29) is 24.4 Å². The highest BCUT2D eigenvalue weighted by atomic mass is 16.5. The first kappa shape index (κ1) is 18.3. The number of hydrogen-bond donors (Lipinski definition) is 2. The molecule has 5 nitrogen and oxygen atoms in total. The predicted octanol–water partition coefficient (Wildman–Crippen LogP) is 3.93. The van der Waals surface area contributed by atoms with Gasteiger partial charge in [0, 0.05) is 12.6 Å². The van der Waals surface area contributed by atoms with E-state index in [2.05, 4.69) is 18.3 Å². The number of anilines is 1. The van der Waals surface area contributed by atoms with Crippen molar-refractivity contribution in [3.05, 3.63) is 59.2 Å². The highest BCUT2D eigenvalue weighted by molar-refractivity contribution is 5.66. The van der Waals surface area contributed by atoms with E-state index in [9.17, 15) is 9.90 Å². The van der Waals surface area contributed by atoms with E-state index >= 15 is 0 Å². The number of carbonyl (C=O) groups is 1. The smallest absolute Gasteiger partial charge is 0.302 e. The zero-order valence-corrected chi connectivity index (χ0v) is 14.5. The molecule has 0 saturated heterocycles. The SMILES string of the molecule is CCCc1cc(O)cc(C(COC(C)=O)Nc2ccc(C#N)cc2)c1. The summed E-state index contributed by atoms with van der Waals surface area (Å²) in [4.78, 5) is 11.2. The average molecular weight is 338 g/mol. The molecule has 0 amide bonds. The Hall–Kier alpha value is -3.00. The van der Waals surface area contributed by atoms with Gasteiger partial charge in [0.1, 0.15) is 12.4 Å². The van der Waals surface area contributed by atoms with Crippen molar-refractivity contribution >= 4 is 11.7 Å². The first-order chi connectivity index (χ1) is 12.0. The summed E-state index contributed by atoms with van der Waals surface area (Å²) in [5, 5.41) is 22.2. The monoisotopic (exact) mass is 338 g/mol. The van der Waals surface area contributed by atoms with Crippen LogP contribution in [0.15, 0.2) is 42.5 Å². The molecular weight excluding hydrogens is 316 g/mol. The number of nitrogens with zero attached hydrogens (tertiary/aromatic N) is 1. The second-order valence-corrected chi connectivity index (χ2v) is 5.87. The molecule has 2 rings (SSSR count). The molecular formula is C20H22N2O3. The van der Waals surface area contributed by atoms with Gasteiger partial charge in [-0.05, 0) is 53.9 Å². The molecule has 0 aliphatic carbocycles. The van der Waals surface area contributed by atoms with Gasteiger partial charge in [0.25, 0.3) is 0 Å². The first-order valence-corrected chi connectivity index (χ1v) is 8.24. The molecule has 0 radical (unpaired) electrons. The lowest BCUT2D eigenvalue weighted by Crippen LogP contribution is -2.19. The van der Waals surface area contributed by atoms with Gasteiger partial charge in [-0.25, -0.2) is 0 Å². The first-order valence-electron chi connectivity index (χ1n) is 8.24. The van der Waals surface area contributed by atoms with E-state index < -0.39 is 0 Å². The maximum absolute atomic E-state index is 11.2. The van der Waals surface area contributed by atoms with Crippen molar-refractivity contribution in [2.24, 2.45) is 0 Å². The second-order valence-electron chi connectivity index (χ2n) is 5.87. The third-order valence-electron chi connectivity index (χ3n) is 3.75. The van der Waals surface area contributed by atoms with Gasteiger partial charge in [-0.3, -0.25) is 4.79 Å². The van der Waals surface area contributed by atoms with Crippen molar-refractivity contribution in [2.75, 3.05) is 11.9 Å². The van der Waals surface area contributed by atoms with Gasteiger partial charge in [-0.2, -0.15) is 5.26 Å². The maximum atomic E-state index is 11.2. The number of nitriles is 1. The molecule has 0 spiro atoms. The highest BCUT2D eigenvalue weighted by Crippen LogP contribution is 2.26. The molecule has 0 aliphatic heterocycles. The van der Waals surface area contributed by atoms with Crippen LogP contribution < -0.4 is 5.32 Å². The quantitative estimate of drug-likeness (QED) is 0.747. The number of benzene rings is 2. The van der Waals surface area contributed by atoms with Crippen LogP contribution in [0.25, 0.3) is 0 Å². The van der Waals surface area contributed by atoms with E-state index in [4.69, 9.17) is 10.00 Å². The maximum Gasteiger partial charge on any atom is 0.302 e. The summed E-state index contributed by atoms with van der Waals surface area (Å²) >= 11 is 0. The van der Waals surface area contributed by atoms with E-state index in [1.165, 1.54) is 6.92 Å². The van der Waals surface area contributed by atoms with Gasteiger partial charge in [0.05, 0.1) is 17.7 Å². The normalized spacial score (nSPS) is 11.4. The minimum Gasteiger partial charge on any atom is -0.508 e. The number of rotatable bonds is 7. The Kier molecular flexibility index (Phi) is 6.41. The van der Waals surface area contributed by atoms with Crippen molar-refractivity contribution < 1.29 is 14.6 Å². The summed E-state index contributed by atoms with van der Waals surface area (Å²) in [7, 11) is 0. The lowest BCUT2D eigenvalue weighted by molar-refractivity contribution is -0.141. The van der Waals surface area contributed by atoms with E-state index in [0.717, 1.165) is 29.7 Å². The summed E-state index contributed by atoms with van der Waals surface area (Å²) < 4.78 is 5.18. The predicted molar refractivity (Wildman–Crippen MR) is 96.3 cm³/mol. The third kappa shape index (κ3) is 5.54. The van der Waals surface area contributed by atoms with Crippen molar-refractivity contribution in [1.82, 2.24) is 0 Å². The van der Waals surface area contributed by atoms with E-state index in [0.29, 0.717) is 5.56 Å². The number of esters is 1. The lowest BCUT2D eigenvalue weighted by atomic mass is 10.0. The topological polar surface area (TPSA) is 82.3 Å². The zero-order chi connectivity index (χ0) is 18.2. The van der Waals surface area contributed by atoms with Crippen LogP contribution >= 0.6 is 0 Å². The number of phenolic OH excluding ortho intramolecular Hbond substituents is 1. The van der Waals surface area contributed by atoms with Crippen molar-refractivity contribution in [3.8, 4) is 11.8 Å². The van der Waals surface area contributed by atoms with E-state index in [1.54, 1.807) is 36.4 Å². The molecule has 0 fully saturated rings. The van der Waals surface area contributed by atoms with Crippen LogP contribution in [0, 0.1) is 11.3 Å². The van der Waals surface area contributed by atoms with Crippen molar-refractivity contribution in [3.63, 3.8) is 0 Å². The van der Waals surface area contributed by atoms with Crippen LogP contribution in [0.1, 0.15) is 43.0 Å². The number of carbonyl (C=O) groups excluding carboxylic acids is 1. The Bertz CT molecular complexity index is 764. The molecule has 0 aromatic heterocycles. The summed E-state index contributed by atoms with van der Waals surface area (Å²) in [5.41, 5.74) is 3.25. The Morgan fingerprint density at radius 3 is 2.60 bits per heavy atom. The largest absolute Gasteiger partial charge is 0.508 e. The van der Waals surface area contributed by atoms with Crippen LogP contribution in [0.2, 0.25) is 0 Å². The number of aryl methyl sites for hydroxylation is 1. The lowest BCUT2D eigenvalue weighted by Gasteiger charge is -2.21. The summed E-state index contributed by atoms with van der Waals surface area (Å²) in [6.45, 7) is 3.59. The molecule has 25 heavy (non-hydrogen) atoms. The molecule has 0 aliphatic rings. The molecule has 130 valence electrons. The molecule has 2 N–H and O–H groups in total. The summed E-state index contributed by atoms with van der Waals surface area (Å²) in [6.07, 6.45) is 1.83. The summed E-state index contributed by atoms with van der Waals surface area (Å²) in [5.74, 6) is -0.170. The minimum absolute atomic E-state index is 0.143. The fourth-order valence-corrected chi connectivity index (χ4v) is 2.60. The number of phenols is 1. The van der Waals surface area contributed by atoms with Gasteiger partial charge in [-0.1, -0.05) is 19.4 Å². The number of nitrogens with one attached hydrogen (secondary N) is 1. The van der Waals surface area contributed by atoms with Crippen LogP contribution in [-0.4, -0.2) is 17.7 Å². The van der Waals surface area contributed by atoms with Crippen LogP contribution in [0.3, 0.4) is 0 Å². The number of ether oxygens (including phenoxy) is 1. The zero-order valence-electron chi connectivity index (χ0n) is 14.5. The summed E-state index contributed by atoms with van der Waals surface area (Å²) in [6, 6.07) is 14.2. The van der Waals surface area contributed by atoms with Crippen molar-refractivity contribution in [2.45, 2.75) is 32.7 Å². The Labute approximate surface area is 147 Å². The van der Waals surface area contributed by atoms with Crippen LogP contribution in [0.4, 0.5) is 5.69 Å². The van der Waals surface area contributed by atoms with Gasteiger partial charge < -0.3 is 15.2 Å². The second kappa shape index (κ2) is 8.74. The Morgan fingerprint density at radius 2 is 2.00 bits per heavy atom.